The predicted octanol–water partition coefficient (Wildman–Crippen LogP) is 2.62. The van der Waals surface area contributed by atoms with Crippen LogP contribution >= 0.6 is 0 Å². The zero-order chi connectivity index (χ0) is 13.8. The number of aliphatic hydroxyl groups excluding tert-OH is 1. The third-order valence-electron chi connectivity index (χ3n) is 3.33. The molecule has 1 aromatic carbocycles. The first-order chi connectivity index (χ1) is 9.85. The molecule has 0 aliphatic heterocycles. The van der Waals surface area contributed by atoms with Crippen LogP contribution < -0.4 is 10.1 Å². The standard InChI is InChI=1S/C16H18N2O2/c19-11-13-3-1-2-4-15(13)20-16-8-5-12(10-18-16)9-17-14-6-7-14/h1-5,8,10,14,17,19H,6-7,9,11H2. The van der Waals surface area contributed by atoms with Crippen LogP contribution in [-0.4, -0.2) is 16.1 Å². The molecule has 4 nitrogen and oxygen atoms in total. The lowest BCUT2D eigenvalue weighted by atomic mass is 10.2. The van der Waals surface area contributed by atoms with E-state index < -0.39 is 0 Å². The molecule has 0 bridgehead atoms. The number of pyridine rings is 1. The molecular formula is C16H18N2O2. The highest BCUT2D eigenvalue weighted by Crippen LogP contribution is 2.24. The van der Waals surface area contributed by atoms with E-state index in [1.807, 2.05) is 42.6 Å². The fourth-order valence-electron chi connectivity index (χ4n) is 1.97. The van der Waals surface area contributed by atoms with Gasteiger partial charge in [-0.3, -0.25) is 0 Å². The van der Waals surface area contributed by atoms with Gasteiger partial charge in [0.1, 0.15) is 5.75 Å². The first-order valence-corrected chi connectivity index (χ1v) is 6.90. The minimum absolute atomic E-state index is 0.0421. The van der Waals surface area contributed by atoms with Crippen molar-refractivity contribution in [3.8, 4) is 11.6 Å². The average molecular weight is 270 g/mol. The van der Waals surface area contributed by atoms with Crippen LogP contribution in [0.15, 0.2) is 42.6 Å². The van der Waals surface area contributed by atoms with Crippen molar-refractivity contribution in [3.05, 3.63) is 53.7 Å². The Morgan fingerprint density at radius 3 is 2.75 bits per heavy atom. The summed E-state index contributed by atoms with van der Waals surface area (Å²) in [6, 6.07) is 12.0. The highest BCUT2D eigenvalue weighted by molar-refractivity contribution is 5.35. The van der Waals surface area contributed by atoms with E-state index in [-0.39, 0.29) is 6.61 Å². The molecule has 0 atom stereocenters. The summed E-state index contributed by atoms with van der Waals surface area (Å²) in [6.45, 7) is 0.810. The van der Waals surface area contributed by atoms with Gasteiger partial charge < -0.3 is 15.2 Å². The summed E-state index contributed by atoms with van der Waals surface area (Å²) < 4.78 is 5.70. The summed E-state index contributed by atoms with van der Waals surface area (Å²) in [5.74, 6) is 1.19. The second-order valence-corrected chi connectivity index (χ2v) is 5.03. The second-order valence-electron chi connectivity index (χ2n) is 5.03. The first-order valence-electron chi connectivity index (χ1n) is 6.90. The van der Waals surface area contributed by atoms with Crippen molar-refractivity contribution in [1.29, 1.82) is 0 Å². The molecule has 1 aliphatic carbocycles. The van der Waals surface area contributed by atoms with Gasteiger partial charge in [-0.25, -0.2) is 4.98 Å². The molecule has 1 aromatic heterocycles. The zero-order valence-electron chi connectivity index (χ0n) is 11.2. The molecule has 0 radical (unpaired) electrons. The van der Waals surface area contributed by atoms with Crippen LogP contribution in [0.4, 0.5) is 0 Å². The van der Waals surface area contributed by atoms with Crippen molar-refractivity contribution in [2.75, 3.05) is 0 Å². The Labute approximate surface area is 118 Å². The third-order valence-corrected chi connectivity index (χ3v) is 3.33. The van der Waals surface area contributed by atoms with Gasteiger partial charge in [-0.15, -0.1) is 0 Å². The Bertz CT molecular complexity index is 565. The largest absolute Gasteiger partial charge is 0.439 e. The summed E-state index contributed by atoms with van der Waals surface area (Å²) in [5.41, 5.74) is 1.91. The second kappa shape index (κ2) is 6.03. The van der Waals surface area contributed by atoms with Gasteiger partial charge >= 0.3 is 0 Å². The van der Waals surface area contributed by atoms with Gasteiger partial charge in [0.2, 0.25) is 5.88 Å². The van der Waals surface area contributed by atoms with E-state index >= 15 is 0 Å². The lowest BCUT2D eigenvalue weighted by Gasteiger charge is -2.09. The Hall–Kier alpha value is -1.91. The Morgan fingerprint density at radius 1 is 1.20 bits per heavy atom. The van der Waals surface area contributed by atoms with Crippen LogP contribution in [0.3, 0.4) is 0 Å². The number of ether oxygens (including phenoxy) is 1. The smallest absolute Gasteiger partial charge is 0.219 e. The molecule has 0 saturated heterocycles. The van der Waals surface area contributed by atoms with E-state index in [0.29, 0.717) is 17.7 Å². The van der Waals surface area contributed by atoms with Crippen molar-refractivity contribution in [1.82, 2.24) is 10.3 Å². The monoisotopic (exact) mass is 270 g/mol. The molecule has 1 fully saturated rings. The Balaban J connectivity index is 1.64. The van der Waals surface area contributed by atoms with Crippen LogP contribution in [0.1, 0.15) is 24.0 Å². The van der Waals surface area contributed by atoms with Gasteiger partial charge in [-0.2, -0.15) is 0 Å². The van der Waals surface area contributed by atoms with E-state index in [1.54, 1.807) is 0 Å². The molecule has 104 valence electrons. The van der Waals surface area contributed by atoms with Crippen LogP contribution in [0, 0.1) is 0 Å². The zero-order valence-corrected chi connectivity index (χ0v) is 11.2. The summed E-state index contributed by atoms with van der Waals surface area (Å²) in [6.07, 6.45) is 4.39. The highest BCUT2D eigenvalue weighted by atomic mass is 16.5. The van der Waals surface area contributed by atoms with Gasteiger partial charge in [0.15, 0.2) is 0 Å². The molecule has 2 N–H and O–H groups in total. The van der Waals surface area contributed by atoms with E-state index in [2.05, 4.69) is 10.3 Å². The summed E-state index contributed by atoms with van der Waals surface area (Å²) in [7, 11) is 0. The van der Waals surface area contributed by atoms with Crippen molar-refractivity contribution in [2.45, 2.75) is 32.0 Å². The Kier molecular flexibility index (Phi) is 3.95. The lowest BCUT2D eigenvalue weighted by molar-refractivity contribution is 0.276. The summed E-state index contributed by atoms with van der Waals surface area (Å²) >= 11 is 0. The van der Waals surface area contributed by atoms with Gasteiger partial charge in [-0.05, 0) is 24.5 Å². The molecule has 0 spiro atoms. The molecule has 1 heterocycles. The minimum atomic E-state index is -0.0421. The molecule has 4 heteroatoms. The van der Waals surface area contributed by atoms with E-state index in [4.69, 9.17) is 4.74 Å². The maximum atomic E-state index is 9.26. The van der Waals surface area contributed by atoms with Crippen molar-refractivity contribution >= 4 is 0 Å². The van der Waals surface area contributed by atoms with E-state index in [0.717, 1.165) is 17.7 Å². The third kappa shape index (κ3) is 3.35. The lowest BCUT2D eigenvalue weighted by Crippen LogP contribution is -2.15. The fourth-order valence-corrected chi connectivity index (χ4v) is 1.97. The van der Waals surface area contributed by atoms with Gasteiger partial charge in [0.25, 0.3) is 0 Å². The number of benzene rings is 1. The normalized spacial score (nSPS) is 14.2. The van der Waals surface area contributed by atoms with Gasteiger partial charge in [0, 0.05) is 30.4 Å². The summed E-state index contributed by atoms with van der Waals surface area (Å²) in [4.78, 5) is 4.30. The van der Waals surface area contributed by atoms with Crippen LogP contribution in [0.2, 0.25) is 0 Å². The minimum Gasteiger partial charge on any atom is -0.439 e. The number of aromatic nitrogens is 1. The molecule has 1 saturated carbocycles. The topological polar surface area (TPSA) is 54.4 Å². The molecule has 20 heavy (non-hydrogen) atoms. The van der Waals surface area contributed by atoms with Crippen molar-refractivity contribution in [2.24, 2.45) is 0 Å². The number of para-hydroxylation sites is 1. The fraction of sp³-hybridized carbons (Fsp3) is 0.312. The van der Waals surface area contributed by atoms with Crippen LogP contribution in [-0.2, 0) is 13.2 Å². The van der Waals surface area contributed by atoms with Gasteiger partial charge in [0.05, 0.1) is 6.61 Å². The first kappa shape index (κ1) is 13.1. The molecule has 1 aliphatic rings. The number of hydrogen-bond acceptors (Lipinski definition) is 4. The van der Waals surface area contributed by atoms with E-state index in [1.165, 1.54) is 12.8 Å². The number of rotatable bonds is 6. The quantitative estimate of drug-likeness (QED) is 0.847. The molecule has 3 rings (SSSR count). The number of aliphatic hydroxyl groups is 1. The van der Waals surface area contributed by atoms with Crippen molar-refractivity contribution in [3.63, 3.8) is 0 Å². The maximum absolute atomic E-state index is 9.26. The molecular weight excluding hydrogens is 252 g/mol. The van der Waals surface area contributed by atoms with Crippen LogP contribution in [0.5, 0.6) is 11.6 Å². The molecule has 0 amide bonds. The Morgan fingerprint density at radius 2 is 2.05 bits per heavy atom. The summed E-state index contributed by atoms with van der Waals surface area (Å²) in [5, 5.41) is 12.7. The predicted molar refractivity (Wildman–Crippen MR) is 76.5 cm³/mol. The highest BCUT2D eigenvalue weighted by Gasteiger charge is 2.19. The molecule has 0 unspecified atom stereocenters. The van der Waals surface area contributed by atoms with Crippen molar-refractivity contribution < 1.29 is 9.84 Å². The number of hydrogen-bond donors (Lipinski definition) is 2. The maximum Gasteiger partial charge on any atom is 0.219 e. The van der Waals surface area contributed by atoms with Crippen LogP contribution in [0.25, 0.3) is 0 Å². The average Bonchev–Trinajstić information content (AvgIpc) is 3.31. The number of nitrogens with zero attached hydrogens (tertiary/aromatic N) is 1. The number of nitrogens with one attached hydrogen (secondary N) is 1. The van der Waals surface area contributed by atoms with Gasteiger partial charge in [-0.1, -0.05) is 24.3 Å². The van der Waals surface area contributed by atoms with E-state index in [9.17, 15) is 5.11 Å². The SMILES string of the molecule is OCc1ccccc1Oc1ccc(CNC2CC2)cn1. The molecule has 2 aromatic rings.